The van der Waals surface area contributed by atoms with Crippen molar-refractivity contribution >= 4 is 12.1 Å². The number of ether oxygens (including phenoxy) is 2. The molecule has 0 aliphatic rings. The van der Waals surface area contributed by atoms with Crippen LogP contribution in [-0.4, -0.2) is 29.8 Å². The van der Waals surface area contributed by atoms with Crippen LogP contribution in [0.2, 0.25) is 0 Å². The summed E-state index contributed by atoms with van der Waals surface area (Å²) in [5.74, 6) is 0.0998. The number of benzene rings is 1. The third-order valence-electron chi connectivity index (χ3n) is 2.75. The zero-order chi connectivity index (χ0) is 16.4. The lowest BCUT2D eigenvalue weighted by molar-refractivity contribution is -0.137. The molecule has 1 aromatic rings. The molecule has 0 heterocycles. The summed E-state index contributed by atoms with van der Waals surface area (Å²) in [6, 6.07) is 6.99. The van der Waals surface area contributed by atoms with Crippen LogP contribution in [0.4, 0.5) is 4.79 Å². The highest BCUT2D eigenvalue weighted by atomic mass is 16.6. The van der Waals surface area contributed by atoms with E-state index < -0.39 is 12.1 Å². The van der Waals surface area contributed by atoms with Gasteiger partial charge in [0.2, 0.25) is 0 Å². The van der Waals surface area contributed by atoms with E-state index in [9.17, 15) is 9.59 Å². The molecule has 0 radical (unpaired) electrons. The summed E-state index contributed by atoms with van der Waals surface area (Å²) in [6.07, 6.45) is 1.67. The van der Waals surface area contributed by atoms with Crippen molar-refractivity contribution in [2.24, 2.45) is 0 Å². The quantitative estimate of drug-likeness (QED) is 0.684. The average molecular weight is 309 g/mol. The van der Waals surface area contributed by atoms with Gasteiger partial charge in [0.1, 0.15) is 0 Å². The molecule has 0 saturated heterocycles. The van der Waals surface area contributed by atoms with Crippen LogP contribution in [0.3, 0.4) is 0 Å². The van der Waals surface area contributed by atoms with E-state index in [1.54, 1.807) is 18.2 Å². The summed E-state index contributed by atoms with van der Waals surface area (Å²) in [5, 5.41) is 11.1. The molecule has 0 aromatic heterocycles. The molecule has 0 bridgehead atoms. The van der Waals surface area contributed by atoms with Crippen molar-refractivity contribution in [1.29, 1.82) is 0 Å². The Bertz CT molecular complexity index is 487. The first-order chi connectivity index (χ1) is 10.5. The third-order valence-corrected chi connectivity index (χ3v) is 2.75. The third kappa shape index (κ3) is 7.52. The molecule has 1 aromatic carbocycles. The molecule has 1 amide bonds. The first-order valence-electron chi connectivity index (χ1n) is 7.42. The SMILES string of the molecule is CC(C)Oc1ccccc1OC(=O)NCCCCCC(=O)O. The van der Waals surface area contributed by atoms with Crippen LogP contribution in [0.5, 0.6) is 11.5 Å². The van der Waals surface area contributed by atoms with Gasteiger partial charge in [-0.1, -0.05) is 18.6 Å². The topological polar surface area (TPSA) is 84.9 Å². The Balaban J connectivity index is 2.31. The molecule has 6 heteroatoms. The molecule has 22 heavy (non-hydrogen) atoms. The minimum atomic E-state index is -0.797. The van der Waals surface area contributed by atoms with Gasteiger partial charge in [-0.2, -0.15) is 0 Å². The minimum Gasteiger partial charge on any atom is -0.487 e. The molecule has 0 spiro atoms. The second-order valence-corrected chi connectivity index (χ2v) is 5.13. The predicted octanol–water partition coefficient (Wildman–Crippen LogP) is 3.21. The van der Waals surface area contributed by atoms with Crippen molar-refractivity contribution in [3.05, 3.63) is 24.3 Å². The second kappa shape index (κ2) is 9.65. The number of carboxylic acid groups (broad SMARTS) is 1. The lowest BCUT2D eigenvalue weighted by Crippen LogP contribution is -2.28. The highest BCUT2D eigenvalue weighted by Crippen LogP contribution is 2.27. The van der Waals surface area contributed by atoms with Crippen molar-refractivity contribution in [2.45, 2.75) is 45.6 Å². The first-order valence-corrected chi connectivity index (χ1v) is 7.42. The first kappa shape index (κ1) is 17.8. The van der Waals surface area contributed by atoms with Gasteiger partial charge in [-0.25, -0.2) is 4.79 Å². The van der Waals surface area contributed by atoms with Crippen molar-refractivity contribution < 1.29 is 24.2 Å². The van der Waals surface area contributed by atoms with E-state index in [4.69, 9.17) is 14.6 Å². The number of unbranched alkanes of at least 4 members (excludes halogenated alkanes) is 2. The zero-order valence-corrected chi connectivity index (χ0v) is 13.0. The summed E-state index contributed by atoms with van der Waals surface area (Å²) in [6.45, 7) is 4.24. The van der Waals surface area contributed by atoms with Crippen LogP contribution >= 0.6 is 0 Å². The Kier molecular flexibility index (Phi) is 7.81. The highest BCUT2D eigenvalue weighted by Gasteiger charge is 2.10. The van der Waals surface area contributed by atoms with Gasteiger partial charge < -0.3 is 19.9 Å². The molecule has 1 rings (SSSR count). The molecule has 0 atom stereocenters. The Labute approximate surface area is 130 Å². The molecular formula is C16H23NO5. The maximum atomic E-state index is 11.7. The van der Waals surface area contributed by atoms with Gasteiger partial charge in [0, 0.05) is 13.0 Å². The molecule has 0 fully saturated rings. The van der Waals surface area contributed by atoms with Crippen LogP contribution in [0, 0.1) is 0 Å². The lowest BCUT2D eigenvalue weighted by Gasteiger charge is -2.14. The molecular weight excluding hydrogens is 286 g/mol. The number of carboxylic acids is 1. The summed E-state index contributed by atoms with van der Waals surface area (Å²) >= 11 is 0. The standard InChI is InChI=1S/C16H23NO5/c1-12(2)21-13-8-5-6-9-14(13)22-16(20)17-11-7-3-4-10-15(18)19/h5-6,8-9,12H,3-4,7,10-11H2,1-2H3,(H,17,20)(H,18,19). The van der Waals surface area contributed by atoms with E-state index >= 15 is 0 Å². The average Bonchev–Trinajstić information content (AvgIpc) is 2.44. The maximum absolute atomic E-state index is 11.7. The van der Waals surface area contributed by atoms with Crippen LogP contribution in [0.15, 0.2) is 24.3 Å². The highest BCUT2D eigenvalue weighted by molar-refractivity contribution is 5.71. The van der Waals surface area contributed by atoms with E-state index in [1.165, 1.54) is 0 Å². The summed E-state index contributed by atoms with van der Waals surface area (Å²) in [7, 11) is 0. The van der Waals surface area contributed by atoms with Crippen molar-refractivity contribution in [3.8, 4) is 11.5 Å². The van der Waals surface area contributed by atoms with E-state index in [0.29, 0.717) is 30.9 Å². The van der Waals surface area contributed by atoms with Crippen LogP contribution in [0.25, 0.3) is 0 Å². The number of carbonyl (C=O) groups excluding carboxylic acids is 1. The Morgan fingerprint density at radius 1 is 1.14 bits per heavy atom. The van der Waals surface area contributed by atoms with Crippen LogP contribution < -0.4 is 14.8 Å². The second-order valence-electron chi connectivity index (χ2n) is 5.13. The fourth-order valence-electron chi connectivity index (χ4n) is 1.79. The summed E-state index contributed by atoms with van der Waals surface area (Å²) in [4.78, 5) is 22.1. The number of aliphatic carboxylic acids is 1. The normalized spacial score (nSPS) is 10.3. The number of nitrogens with one attached hydrogen (secondary N) is 1. The van der Waals surface area contributed by atoms with E-state index in [1.807, 2.05) is 19.9 Å². The number of hydrogen-bond donors (Lipinski definition) is 2. The molecule has 0 aliphatic heterocycles. The van der Waals surface area contributed by atoms with Crippen molar-refractivity contribution in [1.82, 2.24) is 5.32 Å². The zero-order valence-electron chi connectivity index (χ0n) is 13.0. The van der Waals surface area contributed by atoms with E-state index in [-0.39, 0.29) is 12.5 Å². The monoisotopic (exact) mass is 309 g/mol. The fraction of sp³-hybridized carbons (Fsp3) is 0.500. The predicted molar refractivity (Wildman–Crippen MR) is 82.3 cm³/mol. The van der Waals surface area contributed by atoms with Crippen LogP contribution in [-0.2, 0) is 4.79 Å². The number of carbonyl (C=O) groups is 2. The van der Waals surface area contributed by atoms with Crippen LogP contribution in [0.1, 0.15) is 39.5 Å². The number of para-hydroxylation sites is 2. The summed E-state index contributed by atoms with van der Waals surface area (Å²) < 4.78 is 10.8. The van der Waals surface area contributed by atoms with Gasteiger partial charge in [-0.3, -0.25) is 4.79 Å². The van der Waals surface area contributed by atoms with Gasteiger partial charge in [-0.15, -0.1) is 0 Å². The van der Waals surface area contributed by atoms with Crippen molar-refractivity contribution in [3.63, 3.8) is 0 Å². The molecule has 122 valence electrons. The Morgan fingerprint density at radius 2 is 1.82 bits per heavy atom. The maximum Gasteiger partial charge on any atom is 0.412 e. The minimum absolute atomic E-state index is 0.0120. The van der Waals surface area contributed by atoms with E-state index in [2.05, 4.69) is 5.32 Å². The summed E-state index contributed by atoms with van der Waals surface area (Å²) in [5.41, 5.74) is 0. The van der Waals surface area contributed by atoms with Gasteiger partial charge >= 0.3 is 12.1 Å². The molecule has 2 N–H and O–H groups in total. The Morgan fingerprint density at radius 3 is 2.45 bits per heavy atom. The molecule has 0 saturated carbocycles. The molecule has 0 unspecified atom stereocenters. The van der Waals surface area contributed by atoms with Crippen molar-refractivity contribution in [2.75, 3.05) is 6.54 Å². The molecule has 6 nitrogen and oxygen atoms in total. The lowest BCUT2D eigenvalue weighted by atomic mass is 10.2. The number of rotatable bonds is 9. The van der Waals surface area contributed by atoms with Gasteiger partial charge in [-0.05, 0) is 38.8 Å². The van der Waals surface area contributed by atoms with Gasteiger partial charge in [0.05, 0.1) is 6.10 Å². The molecule has 0 aliphatic carbocycles. The Hall–Kier alpha value is -2.24. The number of amides is 1. The fourth-order valence-corrected chi connectivity index (χ4v) is 1.79. The van der Waals surface area contributed by atoms with Gasteiger partial charge in [0.25, 0.3) is 0 Å². The van der Waals surface area contributed by atoms with Gasteiger partial charge in [0.15, 0.2) is 11.5 Å². The largest absolute Gasteiger partial charge is 0.487 e. The van der Waals surface area contributed by atoms with E-state index in [0.717, 1.165) is 6.42 Å². The smallest absolute Gasteiger partial charge is 0.412 e. The number of hydrogen-bond acceptors (Lipinski definition) is 4.